The third kappa shape index (κ3) is 2.09. The summed E-state index contributed by atoms with van der Waals surface area (Å²) in [5.74, 6) is 1.17. The molecule has 0 N–H and O–H groups in total. The summed E-state index contributed by atoms with van der Waals surface area (Å²) in [4.78, 5) is 8.05. The Morgan fingerprint density at radius 3 is 2.83 bits per heavy atom. The highest BCUT2D eigenvalue weighted by Crippen LogP contribution is 2.28. The summed E-state index contributed by atoms with van der Waals surface area (Å²) in [6, 6.07) is 5.72. The number of anilines is 1. The van der Waals surface area contributed by atoms with Gasteiger partial charge in [-0.15, -0.1) is 11.3 Å². The van der Waals surface area contributed by atoms with Crippen molar-refractivity contribution in [3.8, 4) is 16.8 Å². The molecule has 0 aliphatic carbocycles. The molecule has 6 heteroatoms. The first-order valence-electron chi connectivity index (χ1n) is 5.96. The Kier molecular flexibility index (Phi) is 2.99. The lowest BCUT2D eigenvalue weighted by atomic mass is 10.1. The van der Waals surface area contributed by atoms with Gasteiger partial charge in [0, 0.05) is 13.1 Å². The fourth-order valence-electron chi connectivity index (χ4n) is 2.05. The maximum Gasteiger partial charge on any atom is 0.269 e. The molecule has 1 fully saturated rings. The summed E-state index contributed by atoms with van der Waals surface area (Å²) in [5.41, 5.74) is 0. The van der Waals surface area contributed by atoms with Gasteiger partial charge in [-0.05, 0) is 36.6 Å². The van der Waals surface area contributed by atoms with Crippen LogP contribution in [0.2, 0.25) is 0 Å². The van der Waals surface area contributed by atoms with Crippen molar-refractivity contribution in [2.45, 2.75) is 19.3 Å². The Hall–Kier alpha value is -1.87. The van der Waals surface area contributed by atoms with Crippen LogP contribution in [0.25, 0.3) is 10.8 Å². The van der Waals surface area contributed by atoms with Crippen LogP contribution in [0.15, 0.2) is 16.7 Å². The van der Waals surface area contributed by atoms with Crippen LogP contribution in [-0.4, -0.2) is 23.2 Å². The molecule has 1 aliphatic heterocycles. The average molecular weight is 260 g/mol. The average Bonchev–Trinajstić information content (AvgIpc) is 3.08. The second kappa shape index (κ2) is 4.78. The minimum absolute atomic E-state index is 0.502. The number of hydrogen-bond acceptors (Lipinski definition) is 6. The topological polar surface area (TPSA) is 66.0 Å². The monoisotopic (exact) mass is 260 g/mol. The van der Waals surface area contributed by atoms with Gasteiger partial charge in [0.2, 0.25) is 0 Å². The van der Waals surface area contributed by atoms with Gasteiger partial charge in [-0.3, -0.25) is 0 Å². The highest BCUT2D eigenvalue weighted by atomic mass is 32.1. The molecule has 0 radical (unpaired) electrons. The molecule has 5 nitrogen and oxygen atoms in total. The number of aromatic nitrogens is 2. The van der Waals surface area contributed by atoms with E-state index < -0.39 is 0 Å². The van der Waals surface area contributed by atoms with Gasteiger partial charge in [0.15, 0.2) is 0 Å². The van der Waals surface area contributed by atoms with Crippen LogP contribution >= 0.6 is 11.3 Å². The van der Waals surface area contributed by atoms with Crippen molar-refractivity contribution in [2.75, 3.05) is 18.0 Å². The van der Waals surface area contributed by atoms with E-state index in [1.165, 1.54) is 30.6 Å². The molecular weight excluding hydrogens is 248 g/mol. The van der Waals surface area contributed by atoms with E-state index in [1.807, 2.05) is 6.07 Å². The lowest BCUT2D eigenvalue weighted by Gasteiger charge is -2.24. The molecule has 1 saturated heterocycles. The fourth-order valence-corrected chi connectivity index (χ4v) is 2.78. The van der Waals surface area contributed by atoms with Crippen molar-refractivity contribution in [3.63, 3.8) is 0 Å². The van der Waals surface area contributed by atoms with Gasteiger partial charge < -0.3 is 9.42 Å². The molecule has 0 unspecified atom stereocenters. The predicted octanol–water partition coefficient (Wildman–Crippen LogP) is 2.66. The number of rotatable bonds is 2. The van der Waals surface area contributed by atoms with Gasteiger partial charge in [0.25, 0.3) is 11.8 Å². The molecule has 1 aliphatic rings. The molecule has 0 amide bonds. The molecule has 0 saturated carbocycles. The third-order valence-electron chi connectivity index (χ3n) is 2.98. The first kappa shape index (κ1) is 11.2. The van der Waals surface area contributed by atoms with Crippen LogP contribution in [0.4, 0.5) is 5.95 Å². The van der Waals surface area contributed by atoms with Crippen molar-refractivity contribution in [1.82, 2.24) is 10.1 Å². The van der Waals surface area contributed by atoms with E-state index in [-0.39, 0.29) is 0 Å². The summed E-state index contributed by atoms with van der Waals surface area (Å²) < 4.78 is 5.26. The number of nitrogens with zero attached hydrogens (tertiary/aromatic N) is 4. The Bertz CT molecular complexity index is 577. The lowest BCUT2D eigenvalue weighted by Crippen LogP contribution is -2.30. The second-order valence-electron chi connectivity index (χ2n) is 4.22. The summed E-state index contributed by atoms with van der Waals surface area (Å²) in [6.45, 7) is 1.99. The summed E-state index contributed by atoms with van der Waals surface area (Å²) >= 11 is 1.37. The fraction of sp³-hybridized carbons (Fsp3) is 0.417. The van der Waals surface area contributed by atoms with Crippen LogP contribution in [0.5, 0.6) is 0 Å². The summed E-state index contributed by atoms with van der Waals surface area (Å²) in [7, 11) is 0. The molecule has 0 bridgehead atoms. The molecule has 0 aromatic carbocycles. The van der Waals surface area contributed by atoms with Gasteiger partial charge >= 0.3 is 0 Å². The lowest BCUT2D eigenvalue weighted by molar-refractivity contribution is 0.427. The molecule has 3 rings (SSSR count). The maximum atomic E-state index is 8.79. The van der Waals surface area contributed by atoms with Gasteiger partial charge in [-0.2, -0.15) is 10.2 Å². The van der Waals surface area contributed by atoms with Crippen LogP contribution in [0.1, 0.15) is 24.1 Å². The molecule has 18 heavy (non-hydrogen) atoms. The quantitative estimate of drug-likeness (QED) is 0.830. The van der Waals surface area contributed by atoms with E-state index >= 15 is 0 Å². The molecule has 0 spiro atoms. The van der Waals surface area contributed by atoms with Crippen LogP contribution < -0.4 is 4.90 Å². The highest BCUT2D eigenvalue weighted by Gasteiger charge is 2.18. The molecule has 92 valence electrons. The number of nitriles is 1. The zero-order chi connectivity index (χ0) is 12.4. The minimum Gasteiger partial charge on any atom is -0.338 e. The van der Waals surface area contributed by atoms with E-state index in [0.717, 1.165) is 18.0 Å². The first-order chi connectivity index (χ1) is 8.86. The van der Waals surface area contributed by atoms with E-state index in [9.17, 15) is 0 Å². The van der Waals surface area contributed by atoms with E-state index in [2.05, 4.69) is 21.1 Å². The van der Waals surface area contributed by atoms with Crippen LogP contribution in [-0.2, 0) is 0 Å². The second-order valence-corrected chi connectivity index (χ2v) is 5.31. The number of thiophene rings is 1. The van der Waals surface area contributed by atoms with Crippen LogP contribution in [0, 0.1) is 11.3 Å². The van der Waals surface area contributed by atoms with E-state index in [0.29, 0.717) is 16.7 Å². The summed E-state index contributed by atoms with van der Waals surface area (Å²) in [6.07, 6.45) is 3.64. The van der Waals surface area contributed by atoms with Crippen molar-refractivity contribution >= 4 is 17.3 Å². The number of hydrogen-bond donors (Lipinski definition) is 0. The Morgan fingerprint density at radius 1 is 1.28 bits per heavy atom. The smallest absolute Gasteiger partial charge is 0.269 e. The van der Waals surface area contributed by atoms with Crippen molar-refractivity contribution in [2.24, 2.45) is 0 Å². The van der Waals surface area contributed by atoms with Crippen molar-refractivity contribution in [1.29, 1.82) is 5.26 Å². The maximum absolute atomic E-state index is 8.79. The molecule has 2 aromatic heterocycles. The van der Waals surface area contributed by atoms with Gasteiger partial charge in [-0.1, -0.05) is 0 Å². The normalized spacial score (nSPS) is 15.6. The SMILES string of the molecule is N#Cc1ccc(-c2nc(N3CCCCC3)no2)s1. The zero-order valence-corrected chi connectivity index (χ0v) is 10.6. The van der Waals surface area contributed by atoms with Crippen LogP contribution in [0.3, 0.4) is 0 Å². The Balaban J connectivity index is 1.82. The molecule has 2 aromatic rings. The highest BCUT2D eigenvalue weighted by molar-refractivity contribution is 7.15. The van der Waals surface area contributed by atoms with Crippen molar-refractivity contribution in [3.05, 3.63) is 17.0 Å². The molecule has 0 atom stereocenters. The van der Waals surface area contributed by atoms with Crippen molar-refractivity contribution < 1.29 is 4.52 Å². The Labute approximate surface area is 109 Å². The van der Waals surface area contributed by atoms with Gasteiger partial charge in [-0.25, -0.2) is 0 Å². The van der Waals surface area contributed by atoms with Gasteiger partial charge in [0.1, 0.15) is 10.9 Å². The third-order valence-corrected chi connectivity index (χ3v) is 3.96. The summed E-state index contributed by atoms with van der Waals surface area (Å²) in [5, 5.41) is 12.8. The first-order valence-corrected chi connectivity index (χ1v) is 6.77. The molecule has 3 heterocycles. The standard InChI is InChI=1S/C12H12N4OS/c13-8-9-4-5-10(18-9)11-14-12(15-17-11)16-6-2-1-3-7-16/h4-5H,1-3,6-7H2. The molecular formula is C12H12N4OS. The number of piperidine rings is 1. The van der Waals surface area contributed by atoms with Gasteiger partial charge in [0.05, 0.1) is 4.88 Å². The van der Waals surface area contributed by atoms with E-state index in [4.69, 9.17) is 9.78 Å². The Morgan fingerprint density at radius 2 is 2.11 bits per heavy atom. The minimum atomic E-state index is 0.502. The predicted molar refractivity (Wildman–Crippen MR) is 68.4 cm³/mol. The largest absolute Gasteiger partial charge is 0.338 e. The zero-order valence-electron chi connectivity index (χ0n) is 9.80. The van der Waals surface area contributed by atoms with E-state index in [1.54, 1.807) is 6.07 Å².